The summed E-state index contributed by atoms with van der Waals surface area (Å²) in [5.41, 5.74) is 11.6. The van der Waals surface area contributed by atoms with Gasteiger partial charge in [-0.15, -0.1) is 0 Å². The maximum absolute atomic E-state index is 11.9. The van der Waals surface area contributed by atoms with Gasteiger partial charge >= 0.3 is 0 Å². The average molecular weight is 696 g/mol. The summed E-state index contributed by atoms with van der Waals surface area (Å²) in [4.78, 5) is 11.2. The number of hydrogen-bond acceptors (Lipinski definition) is 4. The number of benzene rings is 5. The summed E-state index contributed by atoms with van der Waals surface area (Å²) in [6, 6.07) is 35.6. The first-order valence-corrected chi connectivity index (χ1v) is 18.8. The number of phenolic OH excluding ortho intramolecular Hbond substituents is 1. The molecule has 9 rings (SSSR count). The molecule has 1 N–H and O–H groups in total. The first-order valence-electron chi connectivity index (χ1n) is 18.8. The van der Waals surface area contributed by atoms with Gasteiger partial charge in [0.15, 0.2) is 0 Å². The molecule has 0 radical (unpaired) electrons. The molecule has 3 heterocycles. The van der Waals surface area contributed by atoms with Crippen LogP contribution in [0.3, 0.4) is 0 Å². The number of pyridine rings is 1. The molecule has 0 aliphatic heterocycles. The van der Waals surface area contributed by atoms with Gasteiger partial charge in [-0.05, 0) is 63.1 Å². The number of nitrogens with zero attached hydrogens (tertiary/aromatic N) is 3. The largest absolute Gasteiger partial charge is 0.507 e. The Labute approximate surface area is 311 Å². The molecule has 264 valence electrons. The van der Waals surface area contributed by atoms with E-state index in [-0.39, 0.29) is 28.4 Å². The SMILES string of the molecule is CC(C)c1cccc(C(C)C)c1-n1cc(-c2nc3c(c4ccccc24)C(C)(C)C(C)(C)c2ccccc2-3)nc1-c1c(O)ccc2oc3ccccc3c12. The Morgan fingerprint density at radius 3 is 1.98 bits per heavy atom. The molecule has 53 heavy (non-hydrogen) atoms. The van der Waals surface area contributed by atoms with Crippen molar-refractivity contribution in [2.24, 2.45) is 0 Å². The lowest BCUT2D eigenvalue weighted by Gasteiger charge is -2.48. The number of phenols is 1. The fourth-order valence-corrected chi connectivity index (χ4v) is 8.83. The number of furan rings is 1. The van der Waals surface area contributed by atoms with Crippen molar-refractivity contribution in [1.29, 1.82) is 0 Å². The molecule has 5 nitrogen and oxygen atoms in total. The van der Waals surface area contributed by atoms with E-state index in [0.717, 1.165) is 50.1 Å². The molecule has 0 amide bonds. The van der Waals surface area contributed by atoms with Crippen LogP contribution in [0, 0.1) is 0 Å². The summed E-state index contributed by atoms with van der Waals surface area (Å²) in [6.07, 6.45) is 2.15. The van der Waals surface area contributed by atoms with E-state index in [9.17, 15) is 5.11 Å². The van der Waals surface area contributed by atoms with Gasteiger partial charge in [-0.1, -0.05) is 140 Å². The van der Waals surface area contributed by atoms with Crippen LogP contribution in [0.25, 0.3) is 72.4 Å². The van der Waals surface area contributed by atoms with Crippen molar-refractivity contribution in [2.45, 2.75) is 78.1 Å². The number of fused-ring (bicyclic) bond motifs is 8. The third-order valence-corrected chi connectivity index (χ3v) is 12.2. The first kappa shape index (κ1) is 33.2. The standard InChI is InChI=1S/C48H45N3O2/c1-27(2)29-20-15-21-30(28(3)4)45(29)51-26-36(49-46(51)41-37(52)24-25-39-40(41)34-19-12-14-23-38(34)53-39)43-32-17-10-9-16-31(32)42-44(50-43)33-18-11-13-22-35(33)47(5,6)48(42,7)8/h9-28,52H,1-8H3. The summed E-state index contributed by atoms with van der Waals surface area (Å²) in [5, 5.41) is 15.9. The van der Waals surface area contributed by atoms with Crippen LogP contribution in [0.5, 0.6) is 5.75 Å². The van der Waals surface area contributed by atoms with Crippen LogP contribution in [-0.2, 0) is 10.8 Å². The van der Waals surface area contributed by atoms with E-state index in [2.05, 4.69) is 139 Å². The Morgan fingerprint density at radius 2 is 1.26 bits per heavy atom. The van der Waals surface area contributed by atoms with Gasteiger partial charge in [-0.3, -0.25) is 4.57 Å². The second kappa shape index (κ2) is 11.7. The van der Waals surface area contributed by atoms with E-state index in [1.807, 2.05) is 24.3 Å². The van der Waals surface area contributed by atoms with Crippen LogP contribution >= 0.6 is 0 Å². The van der Waals surface area contributed by atoms with Crippen LogP contribution in [0.1, 0.15) is 89.5 Å². The van der Waals surface area contributed by atoms with Gasteiger partial charge < -0.3 is 9.52 Å². The van der Waals surface area contributed by atoms with Gasteiger partial charge in [0.1, 0.15) is 28.4 Å². The molecule has 0 spiro atoms. The molecular weight excluding hydrogens is 651 g/mol. The Kier molecular flexibility index (Phi) is 7.30. The quantitative estimate of drug-likeness (QED) is 0.195. The molecule has 8 aromatic rings. The maximum Gasteiger partial charge on any atom is 0.149 e. The van der Waals surface area contributed by atoms with E-state index >= 15 is 0 Å². The Morgan fingerprint density at radius 1 is 0.623 bits per heavy atom. The second-order valence-electron chi connectivity index (χ2n) is 16.4. The van der Waals surface area contributed by atoms with Crippen LogP contribution in [-0.4, -0.2) is 19.6 Å². The predicted octanol–water partition coefficient (Wildman–Crippen LogP) is 12.8. The lowest BCUT2D eigenvalue weighted by molar-refractivity contribution is 0.300. The third kappa shape index (κ3) is 4.69. The van der Waals surface area contributed by atoms with E-state index in [1.54, 1.807) is 6.07 Å². The molecule has 0 atom stereocenters. The number of aromatic nitrogens is 3. The highest BCUT2D eigenvalue weighted by molar-refractivity contribution is 6.13. The number of para-hydroxylation sites is 2. The van der Waals surface area contributed by atoms with Gasteiger partial charge in [-0.2, -0.15) is 0 Å². The van der Waals surface area contributed by atoms with Crippen LogP contribution < -0.4 is 0 Å². The minimum Gasteiger partial charge on any atom is -0.507 e. The van der Waals surface area contributed by atoms with Gasteiger partial charge in [0.25, 0.3) is 0 Å². The Bertz CT molecular complexity index is 2730. The first-order chi connectivity index (χ1) is 25.4. The summed E-state index contributed by atoms with van der Waals surface area (Å²) in [7, 11) is 0. The molecule has 0 fully saturated rings. The van der Waals surface area contributed by atoms with Crippen molar-refractivity contribution in [3.8, 4) is 45.5 Å². The van der Waals surface area contributed by atoms with Crippen molar-refractivity contribution in [3.63, 3.8) is 0 Å². The van der Waals surface area contributed by atoms with Gasteiger partial charge in [0.05, 0.1) is 22.6 Å². The molecule has 0 unspecified atom stereocenters. The van der Waals surface area contributed by atoms with Crippen molar-refractivity contribution in [2.75, 3.05) is 0 Å². The van der Waals surface area contributed by atoms with Crippen molar-refractivity contribution in [1.82, 2.24) is 14.5 Å². The second-order valence-corrected chi connectivity index (χ2v) is 16.4. The van der Waals surface area contributed by atoms with E-state index in [1.165, 1.54) is 27.6 Å². The van der Waals surface area contributed by atoms with E-state index < -0.39 is 0 Å². The maximum atomic E-state index is 11.9. The molecule has 5 aromatic carbocycles. The summed E-state index contributed by atoms with van der Waals surface area (Å²) in [5.74, 6) is 1.28. The highest BCUT2D eigenvalue weighted by atomic mass is 16.3. The van der Waals surface area contributed by atoms with E-state index in [0.29, 0.717) is 17.0 Å². The number of rotatable bonds is 5. The summed E-state index contributed by atoms with van der Waals surface area (Å²) < 4.78 is 8.57. The van der Waals surface area contributed by atoms with Gasteiger partial charge in [-0.25, -0.2) is 9.97 Å². The normalized spacial score (nSPS) is 14.8. The van der Waals surface area contributed by atoms with Crippen molar-refractivity contribution in [3.05, 3.63) is 132 Å². The summed E-state index contributed by atoms with van der Waals surface area (Å²) >= 11 is 0. The molecule has 0 saturated carbocycles. The molecule has 0 saturated heterocycles. The smallest absolute Gasteiger partial charge is 0.149 e. The topological polar surface area (TPSA) is 64.1 Å². The highest BCUT2D eigenvalue weighted by Crippen LogP contribution is 2.56. The van der Waals surface area contributed by atoms with Crippen LogP contribution in [0.2, 0.25) is 0 Å². The zero-order valence-corrected chi connectivity index (χ0v) is 31.7. The number of aromatic hydroxyl groups is 1. The predicted molar refractivity (Wildman–Crippen MR) is 218 cm³/mol. The zero-order valence-electron chi connectivity index (χ0n) is 31.7. The fraction of sp³-hybridized carbons (Fsp3) is 0.250. The average Bonchev–Trinajstić information content (AvgIpc) is 3.75. The van der Waals surface area contributed by atoms with Crippen LogP contribution in [0.4, 0.5) is 0 Å². The lowest BCUT2D eigenvalue weighted by Crippen LogP contribution is -2.44. The van der Waals surface area contributed by atoms with E-state index in [4.69, 9.17) is 14.4 Å². The van der Waals surface area contributed by atoms with Gasteiger partial charge in [0, 0.05) is 33.3 Å². The monoisotopic (exact) mass is 695 g/mol. The molecule has 1 aliphatic carbocycles. The molecular formula is C48H45N3O2. The molecule has 3 aromatic heterocycles. The number of hydrogen-bond donors (Lipinski definition) is 1. The minimum absolute atomic E-state index is 0.130. The van der Waals surface area contributed by atoms with Gasteiger partial charge in [0.2, 0.25) is 0 Å². The minimum atomic E-state index is -0.210. The Hall–Kier alpha value is -5.68. The lowest BCUT2D eigenvalue weighted by atomic mass is 9.55. The molecule has 5 heteroatoms. The highest BCUT2D eigenvalue weighted by Gasteiger charge is 2.47. The fourth-order valence-electron chi connectivity index (χ4n) is 8.83. The molecule has 1 aliphatic rings. The third-order valence-electron chi connectivity index (χ3n) is 12.2. The number of imidazole rings is 1. The Balaban J connectivity index is 1.43. The summed E-state index contributed by atoms with van der Waals surface area (Å²) in [6.45, 7) is 18.4. The zero-order chi connectivity index (χ0) is 37.0. The van der Waals surface area contributed by atoms with Crippen molar-refractivity contribution < 1.29 is 9.52 Å². The van der Waals surface area contributed by atoms with Crippen molar-refractivity contribution >= 4 is 32.7 Å². The molecule has 0 bridgehead atoms. The van der Waals surface area contributed by atoms with Crippen LogP contribution in [0.15, 0.2) is 114 Å².